The number of benzene rings is 4. The standard InChI is InChI=1S/C29H27NO2/c1-19(2)30-28-15-9-22(20-5-11-24(31-3)12-6-20)17-26(28)27-18-23(10-16-29(27)30)21-7-13-25(32-4)14-8-21/h5-19H,1-4H3. The molecule has 3 nitrogen and oxygen atoms in total. The van der Waals surface area contributed by atoms with Gasteiger partial charge < -0.3 is 14.0 Å². The highest BCUT2D eigenvalue weighted by atomic mass is 16.5. The SMILES string of the molecule is COc1ccc(-c2ccc3c(c2)c2cc(-c4ccc(OC)cc4)ccc2n3C(C)C)cc1. The van der Waals surface area contributed by atoms with Crippen LogP contribution in [0.3, 0.4) is 0 Å². The van der Waals surface area contributed by atoms with Crippen LogP contribution in [-0.2, 0) is 0 Å². The molecule has 0 saturated carbocycles. The minimum atomic E-state index is 0.369. The second-order valence-corrected chi connectivity index (χ2v) is 8.38. The van der Waals surface area contributed by atoms with Crippen LogP contribution in [0.5, 0.6) is 11.5 Å². The maximum atomic E-state index is 5.32. The topological polar surface area (TPSA) is 23.4 Å². The first-order valence-electron chi connectivity index (χ1n) is 11.0. The van der Waals surface area contributed by atoms with Crippen molar-refractivity contribution < 1.29 is 9.47 Å². The van der Waals surface area contributed by atoms with Crippen LogP contribution in [0.15, 0.2) is 84.9 Å². The van der Waals surface area contributed by atoms with E-state index in [2.05, 4.69) is 79.1 Å². The van der Waals surface area contributed by atoms with Crippen molar-refractivity contribution in [1.82, 2.24) is 4.57 Å². The zero-order chi connectivity index (χ0) is 22.2. The molecule has 0 radical (unpaired) electrons. The molecule has 3 heteroatoms. The number of hydrogen-bond donors (Lipinski definition) is 0. The van der Waals surface area contributed by atoms with Crippen LogP contribution in [0.4, 0.5) is 0 Å². The second kappa shape index (κ2) is 8.08. The Morgan fingerprint density at radius 2 is 0.906 bits per heavy atom. The summed E-state index contributed by atoms with van der Waals surface area (Å²) in [6.45, 7) is 4.49. The summed E-state index contributed by atoms with van der Waals surface area (Å²) < 4.78 is 13.1. The van der Waals surface area contributed by atoms with Gasteiger partial charge in [0.2, 0.25) is 0 Å². The van der Waals surface area contributed by atoms with E-state index in [4.69, 9.17) is 9.47 Å². The monoisotopic (exact) mass is 421 g/mol. The molecule has 32 heavy (non-hydrogen) atoms. The van der Waals surface area contributed by atoms with E-state index >= 15 is 0 Å². The van der Waals surface area contributed by atoms with Gasteiger partial charge in [-0.1, -0.05) is 36.4 Å². The summed E-state index contributed by atoms with van der Waals surface area (Å²) in [5.41, 5.74) is 7.31. The molecule has 5 rings (SSSR count). The Hall–Kier alpha value is -3.72. The molecule has 0 aliphatic carbocycles. The number of ether oxygens (including phenoxy) is 2. The largest absolute Gasteiger partial charge is 0.497 e. The number of nitrogens with zero attached hydrogens (tertiary/aromatic N) is 1. The lowest BCUT2D eigenvalue weighted by Gasteiger charge is -2.12. The zero-order valence-electron chi connectivity index (χ0n) is 18.9. The molecule has 160 valence electrons. The first-order valence-corrected chi connectivity index (χ1v) is 11.0. The van der Waals surface area contributed by atoms with Crippen LogP contribution in [0, 0.1) is 0 Å². The molecule has 0 aliphatic rings. The van der Waals surface area contributed by atoms with Gasteiger partial charge in [0.25, 0.3) is 0 Å². The van der Waals surface area contributed by atoms with Crippen LogP contribution in [0.25, 0.3) is 44.1 Å². The second-order valence-electron chi connectivity index (χ2n) is 8.38. The number of hydrogen-bond acceptors (Lipinski definition) is 2. The van der Waals surface area contributed by atoms with Crippen molar-refractivity contribution in [1.29, 1.82) is 0 Å². The first-order chi connectivity index (χ1) is 15.6. The van der Waals surface area contributed by atoms with E-state index in [1.807, 2.05) is 24.3 Å². The maximum Gasteiger partial charge on any atom is 0.118 e. The number of aromatic nitrogens is 1. The summed E-state index contributed by atoms with van der Waals surface area (Å²) in [5, 5.41) is 2.55. The third kappa shape index (κ3) is 3.40. The van der Waals surface area contributed by atoms with Crippen molar-refractivity contribution in [3.63, 3.8) is 0 Å². The molecule has 0 N–H and O–H groups in total. The Bertz CT molecular complexity index is 1290. The van der Waals surface area contributed by atoms with Crippen LogP contribution >= 0.6 is 0 Å². The molecule has 0 saturated heterocycles. The van der Waals surface area contributed by atoms with E-state index in [1.165, 1.54) is 44.1 Å². The summed E-state index contributed by atoms with van der Waals surface area (Å²) in [7, 11) is 3.39. The van der Waals surface area contributed by atoms with Crippen LogP contribution in [-0.4, -0.2) is 18.8 Å². The van der Waals surface area contributed by atoms with E-state index in [-0.39, 0.29) is 0 Å². The van der Waals surface area contributed by atoms with Gasteiger partial charge in [-0.2, -0.15) is 0 Å². The molecular weight excluding hydrogens is 394 g/mol. The Kier molecular flexibility index (Phi) is 5.10. The van der Waals surface area contributed by atoms with Crippen molar-refractivity contribution >= 4 is 21.8 Å². The average Bonchev–Trinajstić information content (AvgIpc) is 3.17. The third-order valence-electron chi connectivity index (χ3n) is 6.17. The number of fused-ring (bicyclic) bond motifs is 3. The zero-order valence-corrected chi connectivity index (χ0v) is 18.9. The van der Waals surface area contributed by atoms with E-state index in [9.17, 15) is 0 Å². The smallest absolute Gasteiger partial charge is 0.118 e. The summed E-state index contributed by atoms with van der Waals surface area (Å²) >= 11 is 0. The van der Waals surface area contributed by atoms with Gasteiger partial charge in [0, 0.05) is 27.8 Å². The van der Waals surface area contributed by atoms with Gasteiger partial charge in [-0.25, -0.2) is 0 Å². The summed E-state index contributed by atoms with van der Waals surface area (Å²) in [5.74, 6) is 1.74. The molecule has 0 aliphatic heterocycles. The van der Waals surface area contributed by atoms with E-state index in [0.29, 0.717) is 6.04 Å². The van der Waals surface area contributed by atoms with Crippen molar-refractivity contribution in [2.45, 2.75) is 19.9 Å². The van der Waals surface area contributed by atoms with Gasteiger partial charge in [-0.05, 0) is 84.6 Å². The summed E-state index contributed by atoms with van der Waals surface area (Å²) in [6, 6.07) is 30.4. The van der Waals surface area contributed by atoms with E-state index in [1.54, 1.807) is 14.2 Å². The minimum absolute atomic E-state index is 0.369. The summed E-state index contributed by atoms with van der Waals surface area (Å²) in [6.07, 6.45) is 0. The highest BCUT2D eigenvalue weighted by Gasteiger charge is 2.15. The molecule has 0 spiro atoms. The normalized spacial score (nSPS) is 11.4. The maximum absolute atomic E-state index is 5.32. The fourth-order valence-corrected chi connectivity index (χ4v) is 4.54. The van der Waals surface area contributed by atoms with Crippen LogP contribution in [0.2, 0.25) is 0 Å². The lowest BCUT2D eigenvalue weighted by molar-refractivity contribution is 0.415. The predicted molar refractivity (Wildman–Crippen MR) is 134 cm³/mol. The fraction of sp³-hybridized carbons (Fsp3) is 0.172. The molecule has 0 atom stereocenters. The lowest BCUT2D eigenvalue weighted by Crippen LogP contribution is -1.99. The van der Waals surface area contributed by atoms with Gasteiger partial charge in [0.15, 0.2) is 0 Å². The fourth-order valence-electron chi connectivity index (χ4n) is 4.54. The van der Waals surface area contributed by atoms with Gasteiger partial charge in [0.05, 0.1) is 14.2 Å². The van der Waals surface area contributed by atoms with Crippen molar-refractivity contribution in [2.75, 3.05) is 14.2 Å². The predicted octanol–water partition coefficient (Wildman–Crippen LogP) is 7.73. The van der Waals surface area contributed by atoms with Crippen LogP contribution in [0.1, 0.15) is 19.9 Å². The Balaban J connectivity index is 1.70. The average molecular weight is 422 g/mol. The molecule has 0 fully saturated rings. The molecule has 4 aromatic carbocycles. The van der Waals surface area contributed by atoms with Crippen molar-refractivity contribution in [3.05, 3.63) is 84.9 Å². The molecule has 5 aromatic rings. The Morgan fingerprint density at radius 1 is 0.531 bits per heavy atom. The van der Waals surface area contributed by atoms with E-state index in [0.717, 1.165) is 11.5 Å². The minimum Gasteiger partial charge on any atom is -0.497 e. The molecule has 1 heterocycles. The first kappa shape index (κ1) is 20.2. The molecule has 0 bridgehead atoms. The van der Waals surface area contributed by atoms with Gasteiger partial charge in [-0.15, -0.1) is 0 Å². The highest BCUT2D eigenvalue weighted by Crippen LogP contribution is 2.37. The Labute approximate surface area is 188 Å². The lowest BCUT2D eigenvalue weighted by atomic mass is 10.00. The molecule has 0 amide bonds. The number of methoxy groups -OCH3 is 2. The van der Waals surface area contributed by atoms with E-state index < -0.39 is 0 Å². The highest BCUT2D eigenvalue weighted by molar-refractivity contribution is 6.10. The van der Waals surface area contributed by atoms with Crippen molar-refractivity contribution in [3.8, 4) is 33.8 Å². The van der Waals surface area contributed by atoms with Crippen LogP contribution < -0.4 is 9.47 Å². The molecule has 0 unspecified atom stereocenters. The van der Waals surface area contributed by atoms with Gasteiger partial charge in [0.1, 0.15) is 11.5 Å². The van der Waals surface area contributed by atoms with Gasteiger partial charge in [-0.3, -0.25) is 0 Å². The Morgan fingerprint density at radius 3 is 1.25 bits per heavy atom. The van der Waals surface area contributed by atoms with Gasteiger partial charge >= 0.3 is 0 Å². The molecular formula is C29H27NO2. The third-order valence-corrected chi connectivity index (χ3v) is 6.17. The quantitative estimate of drug-likeness (QED) is 0.290. The molecule has 1 aromatic heterocycles. The number of rotatable bonds is 5. The summed E-state index contributed by atoms with van der Waals surface area (Å²) in [4.78, 5) is 0. The van der Waals surface area contributed by atoms with Crippen molar-refractivity contribution in [2.24, 2.45) is 0 Å².